The first-order valence-electron chi connectivity index (χ1n) is 7.87. The molecule has 2 aromatic heterocycles. The van der Waals surface area contributed by atoms with Crippen molar-refractivity contribution >= 4 is 45.2 Å². The molecular formula is C17H20BrN4O2P. The lowest BCUT2D eigenvalue weighted by molar-refractivity contribution is 0.281. The number of nitrogens with zero attached hydrogens (tertiary/aromatic N) is 2. The minimum absolute atomic E-state index is 0.00646. The Hall–Kier alpha value is -1.69. The second-order valence-electron chi connectivity index (χ2n) is 6.37. The number of anilines is 1. The van der Waals surface area contributed by atoms with Gasteiger partial charge in [0.2, 0.25) is 5.95 Å². The second kappa shape index (κ2) is 6.90. The van der Waals surface area contributed by atoms with E-state index in [2.05, 4.69) is 36.2 Å². The first-order chi connectivity index (χ1) is 11.8. The fourth-order valence-electron chi connectivity index (χ4n) is 2.67. The molecular weight excluding hydrogens is 403 g/mol. The predicted molar refractivity (Wildman–Crippen MR) is 106 cm³/mol. The summed E-state index contributed by atoms with van der Waals surface area (Å²) in [6.45, 7) is 5.37. The molecule has 0 saturated carbocycles. The third-order valence-electron chi connectivity index (χ3n) is 3.92. The Morgan fingerprint density at radius 1 is 1.40 bits per heavy atom. The summed E-state index contributed by atoms with van der Waals surface area (Å²) in [5.41, 5.74) is 2.50. The van der Waals surface area contributed by atoms with Crippen LogP contribution in [0.4, 0.5) is 5.95 Å². The van der Waals surface area contributed by atoms with Gasteiger partial charge in [-0.3, -0.25) is 0 Å². The molecule has 132 valence electrons. The van der Waals surface area contributed by atoms with Gasteiger partial charge in [0.25, 0.3) is 0 Å². The summed E-state index contributed by atoms with van der Waals surface area (Å²) in [4.78, 5) is 12.1. The molecule has 0 saturated heterocycles. The van der Waals surface area contributed by atoms with Crippen molar-refractivity contribution in [1.82, 2.24) is 15.0 Å². The molecule has 0 radical (unpaired) electrons. The number of aromatic nitrogens is 3. The van der Waals surface area contributed by atoms with Crippen LogP contribution in [0.15, 0.2) is 35.1 Å². The van der Waals surface area contributed by atoms with Crippen LogP contribution >= 0.6 is 23.1 Å². The van der Waals surface area contributed by atoms with Gasteiger partial charge in [-0.05, 0) is 42.2 Å². The summed E-state index contributed by atoms with van der Waals surface area (Å²) < 4.78 is 13.3. The number of hydrogen-bond acceptors (Lipinski definition) is 5. The van der Waals surface area contributed by atoms with Crippen LogP contribution < -0.4 is 10.6 Å². The minimum Gasteiger partial charge on any atom is -0.394 e. The van der Waals surface area contributed by atoms with Gasteiger partial charge < -0.3 is 20.0 Å². The van der Waals surface area contributed by atoms with Crippen LogP contribution in [-0.2, 0) is 4.57 Å². The van der Waals surface area contributed by atoms with Crippen LogP contribution in [0, 0.1) is 0 Å². The molecule has 3 aromatic rings. The van der Waals surface area contributed by atoms with Gasteiger partial charge in [0.05, 0.1) is 22.3 Å². The van der Waals surface area contributed by atoms with E-state index in [0.29, 0.717) is 5.95 Å². The third kappa shape index (κ3) is 3.64. The van der Waals surface area contributed by atoms with E-state index in [4.69, 9.17) is 0 Å². The highest BCUT2D eigenvalue weighted by Crippen LogP contribution is 2.39. The average Bonchev–Trinajstić information content (AvgIpc) is 2.99. The first kappa shape index (κ1) is 18.1. The van der Waals surface area contributed by atoms with Crippen LogP contribution in [0.2, 0.25) is 0 Å². The van der Waals surface area contributed by atoms with Gasteiger partial charge in [0.15, 0.2) is 0 Å². The van der Waals surface area contributed by atoms with Crippen molar-refractivity contribution in [1.29, 1.82) is 0 Å². The predicted octanol–water partition coefficient (Wildman–Crippen LogP) is 3.43. The van der Waals surface area contributed by atoms with Crippen molar-refractivity contribution in [3.63, 3.8) is 0 Å². The van der Waals surface area contributed by atoms with E-state index in [-0.39, 0.29) is 12.6 Å². The third-order valence-corrected chi connectivity index (χ3v) is 6.04. The summed E-state index contributed by atoms with van der Waals surface area (Å²) >= 11 is 3.51. The van der Waals surface area contributed by atoms with E-state index < -0.39 is 7.14 Å². The van der Waals surface area contributed by atoms with Crippen molar-refractivity contribution in [2.45, 2.75) is 13.0 Å². The zero-order valence-electron chi connectivity index (χ0n) is 14.2. The number of halogens is 1. The number of rotatable bonds is 5. The first-order valence-corrected chi connectivity index (χ1v) is 11.3. The molecule has 6 nitrogen and oxygen atoms in total. The number of H-pyrrole nitrogens is 1. The van der Waals surface area contributed by atoms with Gasteiger partial charge in [0.1, 0.15) is 7.14 Å². The molecule has 1 atom stereocenters. The molecule has 25 heavy (non-hydrogen) atoms. The Morgan fingerprint density at radius 2 is 2.16 bits per heavy atom. The highest BCUT2D eigenvalue weighted by atomic mass is 79.9. The maximum atomic E-state index is 12.6. The lowest BCUT2D eigenvalue weighted by Crippen LogP contribution is -2.20. The highest BCUT2D eigenvalue weighted by molar-refractivity contribution is 9.10. The maximum absolute atomic E-state index is 12.6. The molecule has 0 unspecified atom stereocenters. The highest BCUT2D eigenvalue weighted by Gasteiger charge is 2.19. The Labute approximate surface area is 154 Å². The van der Waals surface area contributed by atoms with Crippen LogP contribution in [0.1, 0.15) is 6.92 Å². The zero-order chi connectivity index (χ0) is 18.2. The van der Waals surface area contributed by atoms with Crippen LogP contribution in [-0.4, -0.2) is 46.0 Å². The summed E-state index contributed by atoms with van der Waals surface area (Å²) in [6.07, 6.45) is 3.55. The average molecular weight is 423 g/mol. The number of hydrogen-bond donors (Lipinski definition) is 3. The van der Waals surface area contributed by atoms with E-state index in [1.165, 1.54) is 0 Å². The molecule has 0 amide bonds. The molecule has 0 aliphatic carbocycles. The SMILES string of the molecule is C[C@@H](CO)Nc1ncc(Br)c(-c2c[nH]c3c(P(C)(C)=O)cccc23)n1. The minimum atomic E-state index is -2.40. The molecule has 0 aliphatic heterocycles. The quantitative estimate of drug-likeness (QED) is 0.547. The largest absolute Gasteiger partial charge is 0.394 e. The fraction of sp³-hybridized carbons (Fsp3) is 0.294. The van der Waals surface area contributed by atoms with E-state index in [1.807, 2.05) is 31.3 Å². The van der Waals surface area contributed by atoms with Crippen LogP contribution in [0.25, 0.3) is 22.2 Å². The normalized spacial score (nSPS) is 13.2. The summed E-state index contributed by atoms with van der Waals surface area (Å²) in [5.74, 6) is 0.446. The van der Waals surface area contributed by atoms with Crippen LogP contribution in [0.5, 0.6) is 0 Å². The monoisotopic (exact) mass is 422 g/mol. The van der Waals surface area contributed by atoms with Gasteiger partial charge in [-0.2, -0.15) is 0 Å². The van der Waals surface area contributed by atoms with E-state index in [9.17, 15) is 9.67 Å². The molecule has 0 fully saturated rings. The van der Waals surface area contributed by atoms with Crippen LogP contribution in [0.3, 0.4) is 0 Å². The molecule has 0 spiro atoms. The Kier molecular flexibility index (Phi) is 5.00. The molecule has 0 bridgehead atoms. The van der Waals surface area contributed by atoms with E-state index >= 15 is 0 Å². The number of benzene rings is 1. The summed E-state index contributed by atoms with van der Waals surface area (Å²) in [6, 6.07) is 5.65. The number of aliphatic hydroxyl groups is 1. The lowest BCUT2D eigenvalue weighted by Gasteiger charge is -2.12. The molecule has 8 heteroatoms. The van der Waals surface area contributed by atoms with Gasteiger partial charge >= 0.3 is 0 Å². The standard InChI is InChI=1S/C17H20BrN4O2P/c1-10(9-23)21-17-20-8-13(18)15(22-17)12-7-19-16-11(12)5-4-6-14(16)25(2,3)24/h4-8,10,19,23H,9H2,1-3H3,(H,20,21,22)/t10-/m0/s1. The Bertz CT molecular complexity index is 966. The number of aliphatic hydroxyl groups excluding tert-OH is 1. The molecule has 0 aliphatic rings. The number of nitrogens with one attached hydrogen (secondary N) is 2. The van der Waals surface area contributed by atoms with Crippen molar-refractivity contribution < 1.29 is 9.67 Å². The second-order valence-corrected chi connectivity index (χ2v) is 10.4. The molecule has 1 aromatic carbocycles. The Morgan fingerprint density at radius 3 is 2.84 bits per heavy atom. The smallest absolute Gasteiger partial charge is 0.223 e. The summed E-state index contributed by atoms with van der Waals surface area (Å²) in [7, 11) is -2.40. The van der Waals surface area contributed by atoms with Gasteiger partial charge in [-0.15, -0.1) is 0 Å². The zero-order valence-corrected chi connectivity index (χ0v) is 16.7. The van der Waals surface area contributed by atoms with Crippen molar-refractivity contribution in [2.24, 2.45) is 0 Å². The Balaban J connectivity index is 2.14. The van der Waals surface area contributed by atoms with E-state index in [1.54, 1.807) is 19.5 Å². The fourth-order valence-corrected chi connectivity index (χ4v) is 4.25. The van der Waals surface area contributed by atoms with Gasteiger partial charge in [0, 0.05) is 34.7 Å². The topological polar surface area (TPSA) is 90.9 Å². The molecule has 3 N–H and O–H groups in total. The van der Waals surface area contributed by atoms with Crippen molar-refractivity contribution in [3.05, 3.63) is 35.1 Å². The van der Waals surface area contributed by atoms with Crippen molar-refractivity contribution in [3.8, 4) is 11.3 Å². The summed E-state index contributed by atoms with van der Waals surface area (Å²) in [5, 5.41) is 14.0. The number of fused-ring (bicyclic) bond motifs is 1. The van der Waals surface area contributed by atoms with Crippen molar-refractivity contribution in [2.75, 3.05) is 25.3 Å². The maximum Gasteiger partial charge on any atom is 0.223 e. The molecule has 3 rings (SSSR count). The van der Waals surface area contributed by atoms with Gasteiger partial charge in [-0.1, -0.05) is 12.1 Å². The van der Waals surface area contributed by atoms with E-state index in [0.717, 1.165) is 31.9 Å². The lowest BCUT2D eigenvalue weighted by atomic mass is 10.1. The molecule has 2 heterocycles. The number of aromatic amines is 1. The van der Waals surface area contributed by atoms with Gasteiger partial charge in [-0.25, -0.2) is 9.97 Å². The number of para-hydroxylation sites is 1.